The fourth-order valence-electron chi connectivity index (χ4n) is 1.21. The van der Waals surface area contributed by atoms with Crippen molar-refractivity contribution < 1.29 is 15.0 Å². The predicted octanol–water partition coefficient (Wildman–Crippen LogP) is 0.678. The fourth-order valence-corrected chi connectivity index (χ4v) is 1.21. The summed E-state index contributed by atoms with van der Waals surface area (Å²) in [7, 11) is 0. The summed E-state index contributed by atoms with van der Waals surface area (Å²) in [6, 6.07) is 1.35. The van der Waals surface area contributed by atoms with Crippen molar-refractivity contribution in [2.75, 3.05) is 6.54 Å². The third kappa shape index (κ3) is 3.86. The number of rotatable bonds is 5. The first-order valence-electron chi connectivity index (χ1n) is 5.23. The van der Waals surface area contributed by atoms with Gasteiger partial charge in [0.25, 0.3) is 5.91 Å². The number of nitrogens with one attached hydrogen (secondary N) is 1. The molecule has 1 heterocycles. The van der Waals surface area contributed by atoms with E-state index < -0.39 is 0 Å². The molecule has 1 atom stereocenters. The Morgan fingerprint density at radius 3 is 2.94 bits per heavy atom. The van der Waals surface area contributed by atoms with Crippen LogP contribution in [0.3, 0.4) is 0 Å². The monoisotopic (exact) mass is 224 g/mol. The molecule has 0 aliphatic rings. The summed E-state index contributed by atoms with van der Waals surface area (Å²) < 4.78 is 0. The Kier molecular flexibility index (Phi) is 4.72. The summed E-state index contributed by atoms with van der Waals surface area (Å²) in [6.07, 6.45) is 3.45. The Bertz CT molecular complexity index is 355. The molecule has 1 unspecified atom stereocenters. The van der Waals surface area contributed by atoms with Gasteiger partial charge in [0.15, 0.2) is 0 Å². The van der Waals surface area contributed by atoms with Gasteiger partial charge in [0, 0.05) is 12.7 Å². The minimum absolute atomic E-state index is 0.0405. The maximum Gasteiger partial charge on any atom is 0.252 e. The zero-order valence-electron chi connectivity index (χ0n) is 9.18. The first-order chi connectivity index (χ1) is 7.63. The van der Waals surface area contributed by atoms with Gasteiger partial charge in [-0.25, -0.2) is 0 Å². The summed E-state index contributed by atoms with van der Waals surface area (Å²) in [4.78, 5) is 15.2. The Labute approximate surface area is 94.1 Å². The molecule has 1 rings (SSSR count). The van der Waals surface area contributed by atoms with Crippen LogP contribution in [0.2, 0.25) is 0 Å². The maximum atomic E-state index is 11.5. The average molecular weight is 224 g/mol. The second-order valence-corrected chi connectivity index (χ2v) is 3.54. The molecule has 0 saturated heterocycles. The number of carbonyl (C=O) groups is 1. The summed E-state index contributed by atoms with van der Waals surface area (Å²) in [5, 5.41) is 21.1. The van der Waals surface area contributed by atoms with E-state index in [9.17, 15) is 9.90 Å². The molecular formula is C11H16N2O3. The van der Waals surface area contributed by atoms with Crippen molar-refractivity contribution in [3.63, 3.8) is 0 Å². The Hall–Kier alpha value is -1.62. The average Bonchev–Trinajstić information content (AvgIpc) is 2.28. The molecule has 5 heteroatoms. The molecule has 1 aromatic heterocycles. The molecule has 3 N–H and O–H groups in total. The van der Waals surface area contributed by atoms with Gasteiger partial charge in [0.2, 0.25) is 0 Å². The number of amides is 1. The van der Waals surface area contributed by atoms with E-state index in [2.05, 4.69) is 10.3 Å². The molecule has 0 aliphatic heterocycles. The zero-order valence-corrected chi connectivity index (χ0v) is 9.18. The lowest BCUT2D eigenvalue weighted by molar-refractivity contribution is 0.0941. The molecule has 0 aromatic carbocycles. The lowest BCUT2D eigenvalue weighted by Crippen LogP contribution is -2.27. The summed E-state index contributed by atoms with van der Waals surface area (Å²) >= 11 is 0. The third-order valence-corrected chi connectivity index (χ3v) is 2.22. The van der Waals surface area contributed by atoms with Crippen LogP contribution >= 0.6 is 0 Å². The Morgan fingerprint density at radius 1 is 1.56 bits per heavy atom. The molecule has 0 aliphatic carbocycles. The number of aromatic hydroxyl groups is 1. The second kappa shape index (κ2) is 6.07. The molecule has 0 saturated carbocycles. The molecule has 88 valence electrons. The normalized spacial score (nSPS) is 12.1. The van der Waals surface area contributed by atoms with Crippen LogP contribution in [0.1, 0.15) is 30.1 Å². The highest BCUT2D eigenvalue weighted by Crippen LogP contribution is 2.08. The number of nitrogens with zero attached hydrogens (tertiary/aromatic N) is 1. The van der Waals surface area contributed by atoms with E-state index in [1.165, 1.54) is 18.5 Å². The van der Waals surface area contributed by atoms with Crippen LogP contribution in [0, 0.1) is 0 Å². The van der Waals surface area contributed by atoms with Crippen LogP contribution in [-0.2, 0) is 0 Å². The number of aliphatic hydroxyl groups excluding tert-OH is 1. The summed E-state index contributed by atoms with van der Waals surface area (Å²) in [6.45, 7) is 2.29. The Morgan fingerprint density at radius 2 is 2.31 bits per heavy atom. The van der Waals surface area contributed by atoms with Gasteiger partial charge in [0.05, 0.1) is 17.9 Å². The van der Waals surface area contributed by atoms with E-state index in [-0.39, 0.29) is 17.8 Å². The smallest absolute Gasteiger partial charge is 0.252 e. The molecule has 16 heavy (non-hydrogen) atoms. The minimum atomic E-state index is -0.386. The molecule has 1 amide bonds. The third-order valence-electron chi connectivity index (χ3n) is 2.22. The highest BCUT2D eigenvalue weighted by molar-refractivity contribution is 5.94. The molecule has 0 radical (unpaired) electrons. The van der Waals surface area contributed by atoms with E-state index >= 15 is 0 Å². The van der Waals surface area contributed by atoms with Gasteiger partial charge < -0.3 is 15.5 Å². The van der Waals surface area contributed by atoms with E-state index in [1.807, 2.05) is 6.92 Å². The number of pyridine rings is 1. The number of carbonyl (C=O) groups excluding carboxylic acids is 1. The number of aliphatic hydroxyl groups is 1. The van der Waals surface area contributed by atoms with Crippen LogP contribution in [0.15, 0.2) is 18.5 Å². The van der Waals surface area contributed by atoms with Gasteiger partial charge >= 0.3 is 0 Å². The van der Waals surface area contributed by atoms with Crippen LogP contribution in [0.25, 0.3) is 0 Å². The quantitative estimate of drug-likeness (QED) is 0.686. The molecule has 0 spiro atoms. The lowest BCUT2D eigenvalue weighted by Gasteiger charge is -2.08. The standard InChI is InChI=1S/C11H16N2O3/c1-2-9(14)3-4-13-11(16)8-5-10(15)7-12-6-8/h5-7,9,14-15H,2-4H2,1H3,(H,13,16). The number of hydrogen-bond acceptors (Lipinski definition) is 4. The van der Waals surface area contributed by atoms with Gasteiger partial charge in [-0.2, -0.15) is 0 Å². The highest BCUT2D eigenvalue weighted by atomic mass is 16.3. The topological polar surface area (TPSA) is 82.5 Å². The summed E-state index contributed by atoms with van der Waals surface area (Å²) in [5.41, 5.74) is 0.311. The molecule has 1 aromatic rings. The van der Waals surface area contributed by atoms with Gasteiger partial charge in [0.1, 0.15) is 5.75 Å². The number of aromatic nitrogens is 1. The van der Waals surface area contributed by atoms with Crippen LogP contribution in [0.5, 0.6) is 5.75 Å². The van der Waals surface area contributed by atoms with Crippen molar-refractivity contribution >= 4 is 5.91 Å². The first-order valence-corrected chi connectivity index (χ1v) is 5.23. The SMILES string of the molecule is CCC(O)CCNC(=O)c1cncc(O)c1. The second-order valence-electron chi connectivity index (χ2n) is 3.54. The van der Waals surface area contributed by atoms with Crippen molar-refractivity contribution in [3.05, 3.63) is 24.0 Å². The van der Waals surface area contributed by atoms with Crippen LogP contribution < -0.4 is 5.32 Å². The maximum absolute atomic E-state index is 11.5. The molecular weight excluding hydrogens is 208 g/mol. The van der Waals surface area contributed by atoms with E-state index in [0.717, 1.165) is 0 Å². The molecule has 0 fully saturated rings. The van der Waals surface area contributed by atoms with E-state index in [0.29, 0.717) is 24.9 Å². The highest BCUT2D eigenvalue weighted by Gasteiger charge is 2.07. The van der Waals surface area contributed by atoms with E-state index in [1.54, 1.807) is 0 Å². The van der Waals surface area contributed by atoms with Crippen LogP contribution in [-0.4, -0.2) is 33.8 Å². The van der Waals surface area contributed by atoms with Crippen molar-refractivity contribution in [1.29, 1.82) is 0 Å². The van der Waals surface area contributed by atoms with Gasteiger partial charge in [-0.1, -0.05) is 6.92 Å². The zero-order chi connectivity index (χ0) is 12.0. The predicted molar refractivity (Wildman–Crippen MR) is 59.1 cm³/mol. The van der Waals surface area contributed by atoms with Crippen molar-refractivity contribution in [2.45, 2.75) is 25.9 Å². The van der Waals surface area contributed by atoms with Gasteiger partial charge in [-0.3, -0.25) is 9.78 Å². The van der Waals surface area contributed by atoms with Crippen molar-refractivity contribution in [3.8, 4) is 5.75 Å². The lowest BCUT2D eigenvalue weighted by atomic mass is 10.2. The van der Waals surface area contributed by atoms with Gasteiger partial charge in [-0.15, -0.1) is 0 Å². The van der Waals surface area contributed by atoms with Gasteiger partial charge in [-0.05, 0) is 18.9 Å². The first kappa shape index (κ1) is 12.4. The van der Waals surface area contributed by atoms with Crippen molar-refractivity contribution in [1.82, 2.24) is 10.3 Å². The number of hydrogen-bond donors (Lipinski definition) is 3. The van der Waals surface area contributed by atoms with E-state index in [4.69, 9.17) is 5.11 Å². The minimum Gasteiger partial charge on any atom is -0.506 e. The molecule has 0 bridgehead atoms. The molecule has 5 nitrogen and oxygen atoms in total. The largest absolute Gasteiger partial charge is 0.506 e. The van der Waals surface area contributed by atoms with Crippen LogP contribution in [0.4, 0.5) is 0 Å². The fraction of sp³-hybridized carbons (Fsp3) is 0.455. The Balaban J connectivity index is 2.41. The van der Waals surface area contributed by atoms with Crippen molar-refractivity contribution in [2.24, 2.45) is 0 Å². The summed E-state index contributed by atoms with van der Waals surface area (Å²) in [5.74, 6) is -0.340.